The lowest BCUT2D eigenvalue weighted by Gasteiger charge is -2.31. The van der Waals surface area contributed by atoms with Crippen LogP contribution in [0, 0.1) is 12.8 Å². The smallest absolute Gasteiger partial charge is 0.251 e. The predicted octanol–water partition coefficient (Wildman–Crippen LogP) is 5.45. The Balaban J connectivity index is 1.37. The number of thiazole rings is 1. The van der Waals surface area contributed by atoms with Crippen LogP contribution in [-0.2, 0) is 21.2 Å². The van der Waals surface area contributed by atoms with Gasteiger partial charge in [-0.15, -0.1) is 0 Å². The highest BCUT2D eigenvalue weighted by Gasteiger charge is 2.32. The van der Waals surface area contributed by atoms with Crippen LogP contribution in [0.25, 0.3) is 10.2 Å². The van der Waals surface area contributed by atoms with Crippen LogP contribution in [0.5, 0.6) is 0 Å². The van der Waals surface area contributed by atoms with E-state index in [1.165, 1.54) is 21.7 Å². The van der Waals surface area contributed by atoms with E-state index in [-0.39, 0.29) is 35.7 Å². The minimum absolute atomic E-state index is 0.0379. The number of hydrogen-bond acceptors (Lipinski definition) is 8. The molecule has 13 heteroatoms. The monoisotopic (exact) mass is 755 g/mol. The zero-order chi connectivity index (χ0) is 34.4. The summed E-state index contributed by atoms with van der Waals surface area (Å²) in [5.74, 6) is -0.533. The first-order chi connectivity index (χ1) is 22.9. The maximum absolute atomic E-state index is 14.2. The van der Waals surface area contributed by atoms with Crippen molar-refractivity contribution in [3.05, 3.63) is 87.9 Å². The molecule has 0 unspecified atom stereocenters. The number of carbonyl (C=O) groups is 2. The van der Waals surface area contributed by atoms with E-state index in [9.17, 15) is 23.1 Å². The maximum Gasteiger partial charge on any atom is 0.251 e. The van der Waals surface area contributed by atoms with Gasteiger partial charge in [-0.05, 0) is 92.7 Å². The Morgan fingerprint density at radius 2 is 1.77 bits per heavy atom. The average molecular weight is 757 g/mol. The highest BCUT2D eigenvalue weighted by Crippen LogP contribution is 2.30. The lowest BCUT2D eigenvalue weighted by atomic mass is 9.99. The van der Waals surface area contributed by atoms with Gasteiger partial charge in [-0.1, -0.05) is 71.4 Å². The highest BCUT2D eigenvalue weighted by molar-refractivity contribution is 9.10. The van der Waals surface area contributed by atoms with Crippen LogP contribution in [0.3, 0.4) is 0 Å². The Hall–Kier alpha value is -3.20. The molecule has 1 fully saturated rings. The number of fused-ring (bicyclic) bond motifs is 1. The van der Waals surface area contributed by atoms with E-state index in [2.05, 4.69) is 36.4 Å². The van der Waals surface area contributed by atoms with E-state index in [1.807, 2.05) is 57.2 Å². The molecule has 0 spiro atoms. The molecule has 0 aliphatic carbocycles. The molecule has 0 saturated carbocycles. The Morgan fingerprint density at radius 3 is 2.46 bits per heavy atom. The van der Waals surface area contributed by atoms with Crippen LogP contribution < -0.4 is 10.6 Å². The standard InChI is InChI=1S/C35H42BrN5O5S2/c1-23(2)20-41(21-31(42)30(18-25-9-5-4-6-10-25)37-34(44)28-13-11-26(36)17-24(28)3)48(45,46)27-12-14-29-32(19-27)47-35(38-29)39-33(43)22-40-15-7-8-16-40/h4-6,9-14,17,19,23,30-31,42H,7-8,15-16,18,20-22H2,1-3H3,(H,37,44)(H,38,39,43)/t30-,31+/m0/s1. The fraction of sp³-hybridized carbons (Fsp3) is 0.400. The maximum atomic E-state index is 14.2. The third kappa shape index (κ3) is 9.27. The predicted molar refractivity (Wildman–Crippen MR) is 194 cm³/mol. The second kappa shape index (κ2) is 16.0. The molecule has 3 aromatic carbocycles. The summed E-state index contributed by atoms with van der Waals surface area (Å²) >= 11 is 4.65. The van der Waals surface area contributed by atoms with Gasteiger partial charge in [0.05, 0.1) is 33.8 Å². The highest BCUT2D eigenvalue weighted by atomic mass is 79.9. The van der Waals surface area contributed by atoms with Gasteiger partial charge in [0.2, 0.25) is 15.9 Å². The Bertz CT molecular complexity index is 1840. The molecule has 2 amide bonds. The van der Waals surface area contributed by atoms with Crippen LogP contribution in [0.2, 0.25) is 0 Å². The van der Waals surface area contributed by atoms with Crippen molar-refractivity contribution in [3.63, 3.8) is 0 Å². The summed E-state index contributed by atoms with van der Waals surface area (Å²) in [5.41, 5.74) is 2.72. The van der Waals surface area contributed by atoms with Gasteiger partial charge in [-0.25, -0.2) is 13.4 Å². The molecule has 3 N–H and O–H groups in total. The van der Waals surface area contributed by atoms with E-state index in [4.69, 9.17) is 0 Å². The molecule has 0 bridgehead atoms. The normalized spacial score (nSPS) is 15.2. The Kier molecular flexibility index (Phi) is 12.0. The van der Waals surface area contributed by atoms with Crippen molar-refractivity contribution in [2.45, 2.75) is 57.1 Å². The topological polar surface area (TPSA) is 132 Å². The minimum Gasteiger partial charge on any atom is -0.390 e. The van der Waals surface area contributed by atoms with Crippen molar-refractivity contribution < 1.29 is 23.1 Å². The molecule has 256 valence electrons. The van der Waals surface area contributed by atoms with Crippen LogP contribution in [-0.4, -0.2) is 84.4 Å². The molecule has 1 aliphatic heterocycles. The largest absolute Gasteiger partial charge is 0.390 e. The summed E-state index contributed by atoms with van der Waals surface area (Å²) in [6.07, 6.45) is 1.26. The number of benzene rings is 3. The van der Waals surface area contributed by atoms with E-state index in [0.29, 0.717) is 33.9 Å². The molecule has 1 saturated heterocycles. The van der Waals surface area contributed by atoms with Crippen molar-refractivity contribution in [1.82, 2.24) is 19.5 Å². The van der Waals surface area contributed by atoms with Crippen LogP contribution in [0.15, 0.2) is 76.1 Å². The molecule has 2 heterocycles. The number of halogens is 1. The van der Waals surface area contributed by atoms with Crippen molar-refractivity contribution >= 4 is 64.5 Å². The Labute approximate surface area is 294 Å². The molecule has 2 atom stereocenters. The zero-order valence-corrected chi connectivity index (χ0v) is 30.6. The van der Waals surface area contributed by atoms with E-state index >= 15 is 0 Å². The molecule has 1 aromatic heterocycles. The van der Waals surface area contributed by atoms with Gasteiger partial charge >= 0.3 is 0 Å². The number of likely N-dealkylation sites (tertiary alicyclic amines) is 1. The zero-order valence-electron chi connectivity index (χ0n) is 27.4. The quantitative estimate of drug-likeness (QED) is 0.156. The average Bonchev–Trinajstić information content (AvgIpc) is 3.69. The summed E-state index contributed by atoms with van der Waals surface area (Å²) in [7, 11) is -4.07. The number of aliphatic hydroxyl groups is 1. The van der Waals surface area contributed by atoms with Gasteiger partial charge in [0.25, 0.3) is 5.91 Å². The number of anilines is 1. The van der Waals surface area contributed by atoms with Crippen molar-refractivity contribution in [3.8, 4) is 0 Å². The summed E-state index contributed by atoms with van der Waals surface area (Å²) in [5, 5.41) is 17.9. The number of aromatic nitrogens is 1. The van der Waals surface area contributed by atoms with Crippen molar-refractivity contribution in [1.29, 1.82) is 0 Å². The third-order valence-corrected chi connectivity index (χ3v) is 11.5. The number of carbonyl (C=O) groups excluding carboxylic acids is 2. The SMILES string of the molecule is Cc1cc(Br)ccc1C(=O)N[C@@H](Cc1ccccc1)[C@H](O)CN(CC(C)C)S(=O)(=O)c1ccc2nc(NC(=O)CN3CCCC3)sc2c1. The number of rotatable bonds is 14. The summed E-state index contributed by atoms with van der Waals surface area (Å²) < 4.78 is 31.1. The first-order valence-electron chi connectivity index (χ1n) is 16.1. The van der Waals surface area contributed by atoms with Crippen LogP contribution >= 0.6 is 27.3 Å². The van der Waals surface area contributed by atoms with Gasteiger partial charge in [0.1, 0.15) is 0 Å². The number of sulfonamides is 1. The van der Waals surface area contributed by atoms with Crippen LogP contribution in [0.1, 0.15) is 48.2 Å². The number of nitrogens with zero attached hydrogens (tertiary/aromatic N) is 3. The van der Waals surface area contributed by atoms with Gasteiger partial charge in [-0.3, -0.25) is 14.5 Å². The minimum atomic E-state index is -4.07. The van der Waals surface area contributed by atoms with Crippen molar-refractivity contribution in [2.24, 2.45) is 5.92 Å². The molecular weight excluding hydrogens is 714 g/mol. The fourth-order valence-corrected chi connectivity index (χ4v) is 8.98. The summed E-state index contributed by atoms with van der Waals surface area (Å²) in [6, 6.07) is 18.8. The second-order valence-electron chi connectivity index (χ2n) is 12.7. The van der Waals surface area contributed by atoms with E-state index in [1.54, 1.807) is 24.3 Å². The lowest BCUT2D eigenvalue weighted by molar-refractivity contribution is -0.117. The van der Waals surface area contributed by atoms with E-state index < -0.39 is 22.2 Å². The van der Waals surface area contributed by atoms with Gasteiger partial charge in [0.15, 0.2) is 5.13 Å². The van der Waals surface area contributed by atoms with Gasteiger partial charge in [0, 0.05) is 23.1 Å². The molecule has 48 heavy (non-hydrogen) atoms. The number of amides is 2. The first kappa shape index (κ1) is 36.1. The molecule has 1 aliphatic rings. The molecule has 0 radical (unpaired) electrons. The van der Waals surface area contributed by atoms with E-state index in [0.717, 1.165) is 41.5 Å². The summed E-state index contributed by atoms with van der Waals surface area (Å²) in [4.78, 5) is 32.7. The number of nitrogens with one attached hydrogen (secondary N) is 2. The second-order valence-corrected chi connectivity index (χ2v) is 16.6. The van der Waals surface area contributed by atoms with Crippen molar-refractivity contribution in [2.75, 3.05) is 38.0 Å². The van der Waals surface area contributed by atoms with Gasteiger partial charge < -0.3 is 15.7 Å². The Morgan fingerprint density at radius 1 is 1.04 bits per heavy atom. The number of aryl methyl sites for hydroxylation is 1. The summed E-state index contributed by atoms with van der Waals surface area (Å²) in [6.45, 7) is 7.71. The number of aliphatic hydroxyl groups excluding tert-OH is 1. The molecule has 4 aromatic rings. The fourth-order valence-electron chi connectivity index (χ4n) is 5.86. The molecule has 10 nitrogen and oxygen atoms in total. The van der Waals surface area contributed by atoms with Crippen LogP contribution in [0.4, 0.5) is 5.13 Å². The lowest BCUT2D eigenvalue weighted by Crippen LogP contribution is -2.51. The number of hydrogen-bond donors (Lipinski definition) is 3. The molecular formula is C35H42BrN5O5S2. The van der Waals surface area contributed by atoms with Gasteiger partial charge in [-0.2, -0.15) is 4.31 Å². The third-order valence-electron chi connectivity index (χ3n) is 8.28. The first-order valence-corrected chi connectivity index (χ1v) is 19.2. The molecule has 5 rings (SSSR count).